The molecule has 0 unspecified atom stereocenters. The van der Waals surface area contributed by atoms with Crippen LogP contribution in [-0.2, 0) is 0 Å². The first kappa shape index (κ1) is 8.11. The molecular formula is C12H12N-. The third-order valence-electron chi connectivity index (χ3n) is 2.13. The quantitative estimate of drug-likeness (QED) is 0.641. The molecule has 13 heavy (non-hydrogen) atoms. The lowest BCUT2D eigenvalue weighted by Gasteiger charge is -2.09. The largest absolute Gasteiger partial charge is 0.661 e. The first-order valence-electron chi connectivity index (χ1n) is 4.44. The van der Waals surface area contributed by atoms with E-state index in [-0.39, 0.29) is 0 Å². The van der Waals surface area contributed by atoms with Crippen molar-refractivity contribution in [2.75, 3.05) is 0 Å². The highest BCUT2D eigenvalue weighted by molar-refractivity contribution is 5.63. The number of hydrogen-bond donors (Lipinski definition) is 0. The van der Waals surface area contributed by atoms with Crippen LogP contribution in [0.15, 0.2) is 36.4 Å². The van der Waals surface area contributed by atoms with E-state index in [1.54, 1.807) is 0 Å². The maximum atomic E-state index is 4.48. The summed E-state index contributed by atoms with van der Waals surface area (Å²) in [5.41, 5.74) is 4.66. The van der Waals surface area contributed by atoms with E-state index < -0.39 is 0 Å². The summed E-state index contributed by atoms with van der Waals surface area (Å²) in [4.78, 5) is 4.48. The van der Waals surface area contributed by atoms with E-state index in [0.717, 1.165) is 11.4 Å². The molecule has 0 radical (unpaired) electrons. The summed E-state index contributed by atoms with van der Waals surface area (Å²) in [7, 11) is 0. The van der Waals surface area contributed by atoms with Crippen LogP contribution in [0.2, 0.25) is 0 Å². The Labute approximate surface area is 78.4 Å². The Balaban J connectivity index is 2.53. The number of benzene rings is 1. The van der Waals surface area contributed by atoms with E-state index in [1.807, 2.05) is 25.1 Å². The van der Waals surface area contributed by atoms with Crippen molar-refractivity contribution in [1.82, 2.24) is 4.98 Å². The maximum absolute atomic E-state index is 4.48. The molecule has 1 nitrogen and oxygen atoms in total. The van der Waals surface area contributed by atoms with Crippen LogP contribution < -0.4 is 4.98 Å². The predicted octanol–water partition coefficient (Wildman–Crippen LogP) is 2.93. The fourth-order valence-electron chi connectivity index (χ4n) is 1.57. The Hall–Kier alpha value is -1.50. The van der Waals surface area contributed by atoms with Crippen LogP contribution in [-0.4, -0.2) is 0 Å². The molecule has 2 aromatic rings. The molecule has 0 N–H and O–H groups in total. The predicted molar refractivity (Wildman–Crippen MR) is 54.7 cm³/mol. The number of aromatic nitrogens is 1. The van der Waals surface area contributed by atoms with Crippen molar-refractivity contribution in [1.29, 1.82) is 0 Å². The van der Waals surface area contributed by atoms with Gasteiger partial charge in [-0.25, -0.2) is 0 Å². The lowest BCUT2D eigenvalue weighted by atomic mass is 10.1. The van der Waals surface area contributed by atoms with Crippen LogP contribution in [0, 0.1) is 13.8 Å². The van der Waals surface area contributed by atoms with E-state index in [4.69, 9.17) is 0 Å². The van der Waals surface area contributed by atoms with Gasteiger partial charge in [-0.1, -0.05) is 48.9 Å². The van der Waals surface area contributed by atoms with Crippen molar-refractivity contribution >= 4 is 0 Å². The minimum atomic E-state index is 1.09. The molecule has 2 rings (SSSR count). The van der Waals surface area contributed by atoms with Crippen molar-refractivity contribution in [3.05, 3.63) is 47.7 Å². The summed E-state index contributed by atoms with van der Waals surface area (Å²) in [5.74, 6) is 0. The molecule has 1 aromatic carbocycles. The Bertz CT molecular complexity index is 398. The Kier molecular flexibility index (Phi) is 1.93. The van der Waals surface area contributed by atoms with E-state index in [9.17, 15) is 0 Å². The summed E-state index contributed by atoms with van der Waals surface area (Å²) in [6.45, 7) is 4.13. The molecule has 1 heteroatoms. The highest BCUT2D eigenvalue weighted by Crippen LogP contribution is 2.21. The van der Waals surface area contributed by atoms with Gasteiger partial charge in [-0.15, -0.1) is 5.69 Å². The second kappa shape index (κ2) is 3.09. The smallest absolute Gasteiger partial charge is 0.0401 e. The third-order valence-corrected chi connectivity index (χ3v) is 2.13. The molecule has 0 amide bonds. The second-order valence-corrected chi connectivity index (χ2v) is 3.30. The summed E-state index contributed by atoms with van der Waals surface area (Å²) < 4.78 is 0. The molecule has 66 valence electrons. The molecule has 0 aliphatic carbocycles. The van der Waals surface area contributed by atoms with Gasteiger partial charge in [-0.2, -0.15) is 5.69 Å². The van der Waals surface area contributed by atoms with Crippen molar-refractivity contribution in [3.63, 3.8) is 0 Å². The minimum absolute atomic E-state index is 1.09. The maximum Gasteiger partial charge on any atom is -0.0401 e. The van der Waals surface area contributed by atoms with Gasteiger partial charge in [-0.3, -0.25) is 0 Å². The first-order valence-corrected chi connectivity index (χ1v) is 4.44. The van der Waals surface area contributed by atoms with Gasteiger partial charge in [0.1, 0.15) is 0 Å². The lowest BCUT2D eigenvalue weighted by molar-refractivity contribution is 1.23. The average Bonchev–Trinajstić information content (AvgIpc) is 2.47. The molecule has 0 bridgehead atoms. The number of hydrogen-bond acceptors (Lipinski definition) is 0. The van der Waals surface area contributed by atoms with Gasteiger partial charge < -0.3 is 4.98 Å². The number of aryl methyl sites for hydroxylation is 2. The topological polar surface area (TPSA) is 14.1 Å². The van der Waals surface area contributed by atoms with Gasteiger partial charge in [-0.05, 0) is 12.5 Å². The molecule has 0 aliphatic rings. The average molecular weight is 170 g/mol. The zero-order valence-electron chi connectivity index (χ0n) is 7.91. The van der Waals surface area contributed by atoms with Crippen LogP contribution >= 0.6 is 0 Å². The number of nitrogens with zero attached hydrogens (tertiary/aromatic N) is 1. The van der Waals surface area contributed by atoms with Crippen LogP contribution in [0.5, 0.6) is 0 Å². The van der Waals surface area contributed by atoms with Crippen molar-refractivity contribution in [3.8, 4) is 11.3 Å². The molecule has 0 fully saturated rings. The monoisotopic (exact) mass is 170 g/mol. The van der Waals surface area contributed by atoms with Crippen molar-refractivity contribution in [2.45, 2.75) is 13.8 Å². The standard InChI is InChI=1S/C12H12N/c1-9-8-10(2)13-12(9)11-6-4-3-5-7-11/h3-8H,1-2H3/q-1. The van der Waals surface area contributed by atoms with Gasteiger partial charge in [0.15, 0.2) is 0 Å². The lowest BCUT2D eigenvalue weighted by Crippen LogP contribution is -1.82. The van der Waals surface area contributed by atoms with Gasteiger partial charge in [0.25, 0.3) is 0 Å². The van der Waals surface area contributed by atoms with E-state index in [0.29, 0.717) is 0 Å². The normalized spacial score (nSPS) is 10.3. The molecular weight excluding hydrogens is 158 g/mol. The summed E-state index contributed by atoms with van der Waals surface area (Å²) in [6.07, 6.45) is 0. The zero-order valence-corrected chi connectivity index (χ0v) is 7.91. The van der Waals surface area contributed by atoms with Crippen molar-refractivity contribution < 1.29 is 0 Å². The molecule has 0 saturated carbocycles. The summed E-state index contributed by atoms with van der Waals surface area (Å²) >= 11 is 0. The highest BCUT2D eigenvalue weighted by Gasteiger charge is 1.93. The Morgan fingerprint density at radius 2 is 1.69 bits per heavy atom. The minimum Gasteiger partial charge on any atom is -0.661 e. The Morgan fingerprint density at radius 3 is 2.23 bits per heavy atom. The molecule has 0 aliphatic heterocycles. The molecule has 0 atom stereocenters. The number of rotatable bonds is 1. The molecule has 0 spiro atoms. The molecule has 1 heterocycles. The Morgan fingerprint density at radius 1 is 1.00 bits per heavy atom. The van der Waals surface area contributed by atoms with Crippen molar-refractivity contribution in [2.24, 2.45) is 0 Å². The summed E-state index contributed by atoms with van der Waals surface area (Å²) in [6, 6.07) is 12.4. The highest BCUT2D eigenvalue weighted by atomic mass is 14.7. The van der Waals surface area contributed by atoms with Gasteiger partial charge in [0.2, 0.25) is 0 Å². The fourth-order valence-corrected chi connectivity index (χ4v) is 1.57. The zero-order chi connectivity index (χ0) is 9.26. The van der Waals surface area contributed by atoms with E-state index >= 15 is 0 Å². The van der Waals surface area contributed by atoms with Crippen LogP contribution in [0.4, 0.5) is 0 Å². The van der Waals surface area contributed by atoms with Gasteiger partial charge in [0.05, 0.1) is 0 Å². The first-order chi connectivity index (χ1) is 6.27. The third kappa shape index (κ3) is 1.50. The van der Waals surface area contributed by atoms with Gasteiger partial charge in [0, 0.05) is 0 Å². The summed E-state index contributed by atoms with van der Waals surface area (Å²) in [5, 5.41) is 0. The van der Waals surface area contributed by atoms with E-state index in [2.05, 4.69) is 30.1 Å². The molecule has 0 saturated heterocycles. The van der Waals surface area contributed by atoms with Crippen LogP contribution in [0.25, 0.3) is 11.3 Å². The SMILES string of the molecule is Cc1cc(C)c(-c2ccccc2)[n-]1. The molecule has 1 aromatic heterocycles. The van der Waals surface area contributed by atoms with Gasteiger partial charge >= 0.3 is 0 Å². The fraction of sp³-hybridized carbons (Fsp3) is 0.167. The van der Waals surface area contributed by atoms with Crippen LogP contribution in [0.1, 0.15) is 11.3 Å². The van der Waals surface area contributed by atoms with E-state index in [1.165, 1.54) is 11.1 Å². The second-order valence-electron chi connectivity index (χ2n) is 3.30. The van der Waals surface area contributed by atoms with Crippen LogP contribution in [0.3, 0.4) is 0 Å².